The fraction of sp³-hybridized carbons (Fsp3) is 0.529. The molecule has 1 aromatic carbocycles. The van der Waals surface area contributed by atoms with E-state index in [1.54, 1.807) is 0 Å². The van der Waals surface area contributed by atoms with Crippen LogP contribution in [0.25, 0.3) is 0 Å². The first-order valence-electron chi connectivity index (χ1n) is 7.53. The minimum Gasteiger partial charge on any atom is -0.548 e. The van der Waals surface area contributed by atoms with Crippen LogP contribution in [0.2, 0.25) is 19.6 Å². The van der Waals surface area contributed by atoms with Crippen molar-refractivity contribution in [3.63, 3.8) is 0 Å². The van der Waals surface area contributed by atoms with E-state index >= 15 is 0 Å². The van der Waals surface area contributed by atoms with Gasteiger partial charge in [-0.15, -0.1) is 0 Å². The van der Waals surface area contributed by atoms with Crippen LogP contribution in [0.5, 0.6) is 0 Å². The Bertz CT molecular complexity index is 434. The van der Waals surface area contributed by atoms with Crippen molar-refractivity contribution in [3.05, 3.63) is 47.7 Å². The third kappa shape index (κ3) is 5.51. The molecule has 0 N–H and O–H groups in total. The van der Waals surface area contributed by atoms with Crippen molar-refractivity contribution >= 4 is 8.32 Å². The van der Waals surface area contributed by atoms with E-state index < -0.39 is 8.32 Å². The topological polar surface area (TPSA) is 18.5 Å². The van der Waals surface area contributed by atoms with Crippen molar-refractivity contribution in [2.45, 2.75) is 45.5 Å². The average Bonchev–Trinajstić information content (AvgIpc) is 2.40. The van der Waals surface area contributed by atoms with E-state index in [9.17, 15) is 0 Å². The Morgan fingerprint density at radius 1 is 1.15 bits per heavy atom. The number of ether oxygens (including phenoxy) is 1. The molecule has 0 amide bonds. The Hall–Kier alpha value is -1.06. The molecular formula is C17H26O2Si. The van der Waals surface area contributed by atoms with Crippen molar-refractivity contribution < 1.29 is 9.16 Å². The van der Waals surface area contributed by atoms with E-state index in [2.05, 4.69) is 50.0 Å². The molecular weight excluding hydrogens is 264 g/mol. The van der Waals surface area contributed by atoms with Gasteiger partial charge in [-0.3, -0.25) is 0 Å². The lowest BCUT2D eigenvalue weighted by Gasteiger charge is -2.27. The van der Waals surface area contributed by atoms with Gasteiger partial charge >= 0.3 is 0 Å². The molecule has 0 heterocycles. The van der Waals surface area contributed by atoms with Gasteiger partial charge in [-0.2, -0.15) is 0 Å². The SMILES string of the molecule is C[Si](C)(C)OC1=CC[C@H](COCc2ccccc2)CC1. The summed E-state index contributed by atoms with van der Waals surface area (Å²) < 4.78 is 11.9. The zero-order chi connectivity index (χ0) is 14.4. The highest BCUT2D eigenvalue weighted by molar-refractivity contribution is 6.70. The number of hydrogen-bond donors (Lipinski definition) is 0. The highest BCUT2D eigenvalue weighted by Gasteiger charge is 2.21. The molecule has 0 spiro atoms. The first kappa shape index (κ1) is 15.3. The molecule has 0 fully saturated rings. The van der Waals surface area contributed by atoms with Crippen LogP contribution in [-0.4, -0.2) is 14.9 Å². The lowest BCUT2D eigenvalue weighted by molar-refractivity contribution is 0.0816. The molecule has 3 heteroatoms. The summed E-state index contributed by atoms with van der Waals surface area (Å²) in [6.07, 6.45) is 5.63. The monoisotopic (exact) mass is 290 g/mol. The number of allylic oxidation sites excluding steroid dienone is 2. The lowest BCUT2D eigenvalue weighted by atomic mass is 9.94. The summed E-state index contributed by atoms with van der Waals surface area (Å²) in [6, 6.07) is 10.4. The van der Waals surface area contributed by atoms with Crippen molar-refractivity contribution in [1.29, 1.82) is 0 Å². The second kappa shape index (κ2) is 7.09. The summed E-state index contributed by atoms with van der Waals surface area (Å²) >= 11 is 0. The first-order valence-corrected chi connectivity index (χ1v) is 10.9. The van der Waals surface area contributed by atoms with Gasteiger partial charge in [0.2, 0.25) is 8.32 Å². The molecule has 0 unspecified atom stereocenters. The molecule has 0 aromatic heterocycles. The maximum Gasteiger partial charge on any atom is 0.241 e. The predicted molar refractivity (Wildman–Crippen MR) is 86.0 cm³/mol. The van der Waals surface area contributed by atoms with Gasteiger partial charge in [0, 0.05) is 6.42 Å². The molecule has 0 bridgehead atoms. The zero-order valence-electron chi connectivity index (χ0n) is 12.9. The summed E-state index contributed by atoms with van der Waals surface area (Å²) in [5.41, 5.74) is 1.25. The number of hydrogen-bond acceptors (Lipinski definition) is 2. The molecule has 0 radical (unpaired) electrons. The summed E-state index contributed by atoms with van der Waals surface area (Å²) in [5.74, 6) is 1.86. The predicted octanol–water partition coefficient (Wildman–Crippen LogP) is 4.74. The third-order valence-corrected chi connectivity index (χ3v) is 4.25. The molecule has 2 rings (SSSR count). The Kier molecular flexibility index (Phi) is 5.43. The standard InChI is InChI=1S/C17H26O2Si/c1-20(2,3)19-17-11-9-16(10-12-17)14-18-13-15-7-5-4-6-8-15/h4-8,11,16H,9-10,12-14H2,1-3H3/t16-/m0/s1. The number of rotatable bonds is 6. The Morgan fingerprint density at radius 2 is 1.90 bits per heavy atom. The molecule has 2 nitrogen and oxygen atoms in total. The molecule has 1 aliphatic rings. The molecule has 20 heavy (non-hydrogen) atoms. The van der Waals surface area contributed by atoms with E-state index in [-0.39, 0.29) is 0 Å². The van der Waals surface area contributed by atoms with Crippen LogP contribution in [-0.2, 0) is 15.8 Å². The van der Waals surface area contributed by atoms with E-state index in [1.807, 2.05) is 6.07 Å². The van der Waals surface area contributed by atoms with E-state index in [0.717, 1.165) is 26.1 Å². The molecule has 0 saturated carbocycles. The molecule has 1 aromatic rings. The summed E-state index contributed by atoms with van der Waals surface area (Å²) in [6.45, 7) is 8.29. The van der Waals surface area contributed by atoms with E-state index in [4.69, 9.17) is 9.16 Å². The maximum absolute atomic E-state index is 6.06. The van der Waals surface area contributed by atoms with Crippen LogP contribution in [0.1, 0.15) is 24.8 Å². The van der Waals surface area contributed by atoms with Crippen molar-refractivity contribution in [2.24, 2.45) is 5.92 Å². The fourth-order valence-corrected chi connectivity index (χ4v) is 3.39. The van der Waals surface area contributed by atoms with Crippen LogP contribution in [0.3, 0.4) is 0 Å². The minimum absolute atomic E-state index is 0.646. The molecule has 0 aliphatic heterocycles. The van der Waals surface area contributed by atoms with Gasteiger partial charge in [-0.25, -0.2) is 0 Å². The van der Waals surface area contributed by atoms with Gasteiger partial charge in [-0.05, 0) is 50.0 Å². The summed E-state index contributed by atoms with van der Waals surface area (Å²) in [4.78, 5) is 0. The zero-order valence-corrected chi connectivity index (χ0v) is 13.9. The molecule has 1 aliphatic carbocycles. The van der Waals surface area contributed by atoms with Crippen LogP contribution in [0.15, 0.2) is 42.2 Å². The maximum atomic E-state index is 6.06. The highest BCUT2D eigenvalue weighted by Crippen LogP contribution is 2.26. The van der Waals surface area contributed by atoms with Gasteiger partial charge < -0.3 is 9.16 Å². The van der Waals surface area contributed by atoms with Gasteiger partial charge in [-0.1, -0.05) is 30.3 Å². The minimum atomic E-state index is -1.44. The van der Waals surface area contributed by atoms with E-state index in [1.165, 1.54) is 17.7 Å². The average molecular weight is 290 g/mol. The van der Waals surface area contributed by atoms with Crippen LogP contribution in [0, 0.1) is 5.92 Å². The van der Waals surface area contributed by atoms with Crippen LogP contribution in [0.4, 0.5) is 0 Å². The quantitative estimate of drug-likeness (QED) is 0.705. The Labute approximate surface area is 123 Å². The van der Waals surface area contributed by atoms with Gasteiger partial charge in [0.05, 0.1) is 19.0 Å². The Morgan fingerprint density at radius 3 is 2.50 bits per heavy atom. The smallest absolute Gasteiger partial charge is 0.241 e. The molecule has 0 saturated heterocycles. The second-order valence-corrected chi connectivity index (χ2v) is 11.0. The Balaban J connectivity index is 1.69. The normalized spacial score (nSPS) is 19.6. The summed E-state index contributed by atoms with van der Waals surface area (Å²) in [5, 5.41) is 0. The van der Waals surface area contributed by atoms with Crippen molar-refractivity contribution in [3.8, 4) is 0 Å². The number of benzene rings is 1. The van der Waals surface area contributed by atoms with Crippen molar-refractivity contribution in [1.82, 2.24) is 0 Å². The van der Waals surface area contributed by atoms with Crippen LogP contribution >= 0.6 is 0 Å². The fourth-order valence-electron chi connectivity index (χ4n) is 2.42. The van der Waals surface area contributed by atoms with Gasteiger partial charge in [0.1, 0.15) is 0 Å². The second-order valence-electron chi connectivity index (χ2n) is 6.53. The summed E-state index contributed by atoms with van der Waals surface area (Å²) in [7, 11) is -1.44. The van der Waals surface area contributed by atoms with Crippen LogP contribution < -0.4 is 0 Å². The van der Waals surface area contributed by atoms with E-state index in [0.29, 0.717) is 5.92 Å². The largest absolute Gasteiger partial charge is 0.548 e. The third-order valence-electron chi connectivity index (χ3n) is 3.38. The first-order chi connectivity index (χ1) is 9.53. The van der Waals surface area contributed by atoms with Gasteiger partial charge in [0.25, 0.3) is 0 Å². The molecule has 1 atom stereocenters. The van der Waals surface area contributed by atoms with Crippen molar-refractivity contribution in [2.75, 3.05) is 6.61 Å². The highest BCUT2D eigenvalue weighted by atomic mass is 28.4. The molecule has 110 valence electrons. The van der Waals surface area contributed by atoms with Gasteiger partial charge in [0.15, 0.2) is 0 Å². The lowest BCUT2D eigenvalue weighted by Crippen LogP contribution is -2.26.